The molecule has 1 saturated heterocycles. The molecule has 1 N–H and O–H groups in total. The number of hydrogen-bond acceptors (Lipinski definition) is 4. The van der Waals surface area contributed by atoms with E-state index in [1.165, 1.54) is 32.2 Å². The normalized spacial score (nSPS) is 19.1. The lowest BCUT2D eigenvalue weighted by atomic mass is 9.68. The standard InChI is InChI=1S/C20H36N6S/c1-5-21-18(25-13-11-20(15-25)9-7-10-20)22-12-6-8-17-23-24-19(27-4)26(17)14-16(2)3/h16H,5-15H2,1-4H3,(H,21,22). The molecule has 2 fully saturated rings. The number of rotatable bonds is 8. The maximum absolute atomic E-state index is 4.92. The van der Waals surface area contributed by atoms with E-state index >= 15 is 0 Å². The zero-order valence-electron chi connectivity index (χ0n) is 17.5. The van der Waals surface area contributed by atoms with Crippen molar-refractivity contribution in [2.24, 2.45) is 16.3 Å². The maximum atomic E-state index is 4.92. The first-order valence-electron chi connectivity index (χ1n) is 10.6. The lowest BCUT2D eigenvalue weighted by Gasteiger charge is -2.38. The zero-order chi connectivity index (χ0) is 19.3. The number of guanidine groups is 1. The Kier molecular flexibility index (Phi) is 7.06. The lowest BCUT2D eigenvalue weighted by Crippen LogP contribution is -2.42. The Hall–Kier alpha value is -1.24. The fourth-order valence-corrected chi connectivity index (χ4v) is 4.77. The van der Waals surface area contributed by atoms with Crippen LogP contribution in [-0.2, 0) is 13.0 Å². The predicted octanol–water partition coefficient (Wildman–Crippen LogP) is 3.43. The first-order chi connectivity index (χ1) is 13.1. The third-order valence-electron chi connectivity index (χ3n) is 5.83. The molecular weight excluding hydrogens is 356 g/mol. The molecule has 0 aromatic carbocycles. The lowest BCUT2D eigenvalue weighted by molar-refractivity contribution is 0.151. The summed E-state index contributed by atoms with van der Waals surface area (Å²) in [6, 6.07) is 0. The van der Waals surface area contributed by atoms with Crippen molar-refractivity contribution in [3.8, 4) is 0 Å². The molecule has 1 aromatic heterocycles. The van der Waals surface area contributed by atoms with E-state index in [1.54, 1.807) is 11.8 Å². The number of nitrogens with zero attached hydrogens (tertiary/aromatic N) is 5. The van der Waals surface area contributed by atoms with Gasteiger partial charge in [0.25, 0.3) is 0 Å². The molecule has 1 spiro atoms. The highest BCUT2D eigenvalue weighted by Crippen LogP contribution is 2.47. The minimum atomic E-state index is 0.595. The minimum absolute atomic E-state index is 0.595. The summed E-state index contributed by atoms with van der Waals surface area (Å²) in [5.41, 5.74) is 0.609. The Bertz CT molecular complexity index is 634. The van der Waals surface area contributed by atoms with Crippen LogP contribution in [0.1, 0.15) is 58.7 Å². The summed E-state index contributed by atoms with van der Waals surface area (Å²) in [4.78, 5) is 7.40. The Balaban J connectivity index is 1.55. The molecule has 6 nitrogen and oxygen atoms in total. The zero-order valence-corrected chi connectivity index (χ0v) is 18.3. The highest BCUT2D eigenvalue weighted by Gasteiger charge is 2.43. The molecule has 0 bridgehead atoms. The van der Waals surface area contributed by atoms with Crippen molar-refractivity contribution in [3.05, 3.63) is 5.82 Å². The van der Waals surface area contributed by atoms with E-state index in [9.17, 15) is 0 Å². The molecule has 2 aliphatic rings. The smallest absolute Gasteiger partial charge is 0.193 e. The Morgan fingerprint density at radius 3 is 2.70 bits per heavy atom. The van der Waals surface area contributed by atoms with E-state index in [-0.39, 0.29) is 0 Å². The summed E-state index contributed by atoms with van der Waals surface area (Å²) in [5.74, 6) is 2.80. The second kappa shape index (κ2) is 9.30. The molecule has 3 rings (SSSR count). The van der Waals surface area contributed by atoms with Crippen LogP contribution in [0.5, 0.6) is 0 Å². The summed E-state index contributed by atoms with van der Waals surface area (Å²) in [6.45, 7) is 11.8. The summed E-state index contributed by atoms with van der Waals surface area (Å²) in [6.07, 6.45) is 9.59. The topological polar surface area (TPSA) is 58.3 Å². The van der Waals surface area contributed by atoms with Gasteiger partial charge in [0.05, 0.1) is 0 Å². The molecule has 0 unspecified atom stereocenters. The Morgan fingerprint density at radius 2 is 2.11 bits per heavy atom. The molecule has 0 atom stereocenters. The van der Waals surface area contributed by atoms with Gasteiger partial charge in [0.15, 0.2) is 11.1 Å². The Morgan fingerprint density at radius 1 is 1.30 bits per heavy atom. The molecule has 7 heteroatoms. The largest absolute Gasteiger partial charge is 0.357 e. The van der Waals surface area contributed by atoms with Crippen molar-refractivity contribution in [2.75, 3.05) is 32.4 Å². The van der Waals surface area contributed by atoms with Gasteiger partial charge in [-0.2, -0.15) is 0 Å². The van der Waals surface area contributed by atoms with E-state index in [0.29, 0.717) is 11.3 Å². The second-order valence-corrected chi connectivity index (χ2v) is 9.25. The van der Waals surface area contributed by atoms with Crippen LogP contribution in [0.3, 0.4) is 0 Å². The molecule has 152 valence electrons. The van der Waals surface area contributed by atoms with E-state index in [4.69, 9.17) is 4.99 Å². The number of aliphatic imine (C=N–C) groups is 1. The third-order valence-corrected chi connectivity index (χ3v) is 6.50. The highest BCUT2D eigenvalue weighted by atomic mass is 32.2. The van der Waals surface area contributed by atoms with Crippen molar-refractivity contribution in [1.29, 1.82) is 0 Å². The van der Waals surface area contributed by atoms with Gasteiger partial charge in [-0.25, -0.2) is 0 Å². The molecule has 0 radical (unpaired) electrons. The van der Waals surface area contributed by atoms with E-state index < -0.39 is 0 Å². The summed E-state index contributed by atoms with van der Waals surface area (Å²) < 4.78 is 2.28. The first kappa shape index (κ1) is 20.5. The van der Waals surface area contributed by atoms with Crippen LogP contribution >= 0.6 is 11.8 Å². The van der Waals surface area contributed by atoms with Crippen LogP contribution in [-0.4, -0.2) is 58.1 Å². The summed E-state index contributed by atoms with van der Waals surface area (Å²) in [7, 11) is 0. The number of likely N-dealkylation sites (tertiary alicyclic amines) is 1. The van der Waals surface area contributed by atoms with Gasteiger partial charge in [0.1, 0.15) is 5.82 Å². The fraction of sp³-hybridized carbons (Fsp3) is 0.850. The van der Waals surface area contributed by atoms with Gasteiger partial charge < -0.3 is 14.8 Å². The highest BCUT2D eigenvalue weighted by molar-refractivity contribution is 7.98. The van der Waals surface area contributed by atoms with E-state index in [0.717, 1.165) is 56.0 Å². The quantitative estimate of drug-likeness (QED) is 0.318. The molecule has 1 aliphatic carbocycles. The second-order valence-electron chi connectivity index (χ2n) is 8.47. The fourth-order valence-electron chi connectivity index (χ4n) is 4.25. The van der Waals surface area contributed by atoms with E-state index in [1.807, 2.05) is 0 Å². The van der Waals surface area contributed by atoms with Crippen molar-refractivity contribution in [2.45, 2.75) is 71.0 Å². The number of aromatic nitrogens is 3. The molecule has 0 amide bonds. The number of aryl methyl sites for hydroxylation is 1. The van der Waals surface area contributed by atoms with Crippen LogP contribution in [0, 0.1) is 11.3 Å². The maximum Gasteiger partial charge on any atom is 0.193 e. The SMILES string of the molecule is CCNC(=NCCCc1nnc(SC)n1CC(C)C)N1CCC2(CCC2)C1. The van der Waals surface area contributed by atoms with Gasteiger partial charge in [-0.1, -0.05) is 32.0 Å². The van der Waals surface area contributed by atoms with Gasteiger partial charge in [-0.15, -0.1) is 10.2 Å². The van der Waals surface area contributed by atoms with Gasteiger partial charge >= 0.3 is 0 Å². The van der Waals surface area contributed by atoms with Crippen LogP contribution in [0.4, 0.5) is 0 Å². The summed E-state index contributed by atoms with van der Waals surface area (Å²) in [5, 5.41) is 13.3. The van der Waals surface area contributed by atoms with Gasteiger partial charge in [-0.3, -0.25) is 4.99 Å². The monoisotopic (exact) mass is 392 g/mol. The number of nitrogens with one attached hydrogen (secondary N) is 1. The van der Waals surface area contributed by atoms with Crippen molar-refractivity contribution in [1.82, 2.24) is 25.0 Å². The van der Waals surface area contributed by atoms with Crippen LogP contribution in [0.2, 0.25) is 0 Å². The molecular formula is C20H36N6S. The molecule has 1 aliphatic heterocycles. The van der Waals surface area contributed by atoms with Gasteiger partial charge in [-0.05, 0) is 50.2 Å². The number of thioether (sulfide) groups is 1. The van der Waals surface area contributed by atoms with E-state index in [2.05, 4.69) is 52.0 Å². The van der Waals surface area contributed by atoms with Crippen LogP contribution < -0.4 is 5.32 Å². The third kappa shape index (κ3) is 4.98. The Labute approximate surface area is 168 Å². The van der Waals surface area contributed by atoms with Gasteiger partial charge in [0, 0.05) is 39.1 Å². The predicted molar refractivity (Wildman–Crippen MR) is 113 cm³/mol. The molecule has 2 heterocycles. The first-order valence-corrected chi connectivity index (χ1v) is 11.8. The average molecular weight is 393 g/mol. The van der Waals surface area contributed by atoms with Crippen LogP contribution in [0.15, 0.2) is 10.1 Å². The molecule has 27 heavy (non-hydrogen) atoms. The van der Waals surface area contributed by atoms with Crippen molar-refractivity contribution < 1.29 is 0 Å². The van der Waals surface area contributed by atoms with Gasteiger partial charge in [0.2, 0.25) is 0 Å². The van der Waals surface area contributed by atoms with Crippen molar-refractivity contribution in [3.63, 3.8) is 0 Å². The van der Waals surface area contributed by atoms with Crippen LogP contribution in [0.25, 0.3) is 0 Å². The molecule has 1 aromatic rings. The van der Waals surface area contributed by atoms with Crippen molar-refractivity contribution >= 4 is 17.7 Å². The summed E-state index contributed by atoms with van der Waals surface area (Å²) >= 11 is 1.68. The average Bonchev–Trinajstić information content (AvgIpc) is 3.22. The number of hydrogen-bond donors (Lipinski definition) is 1. The molecule has 1 saturated carbocycles. The minimum Gasteiger partial charge on any atom is -0.357 e.